The van der Waals surface area contributed by atoms with Crippen molar-refractivity contribution < 1.29 is 21.6 Å². The Morgan fingerprint density at radius 1 is 1.00 bits per heavy atom. The maximum absolute atomic E-state index is 13.5. The average molecular weight is 482 g/mol. The first-order valence-corrected chi connectivity index (χ1v) is 13.7. The van der Waals surface area contributed by atoms with Gasteiger partial charge in [-0.25, -0.2) is 16.8 Å². The van der Waals surface area contributed by atoms with E-state index in [0.717, 1.165) is 5.56 Å². The standard InChI is InChI=1S/C22H31N3O5S2/c1-19(20-6-4-3-5-7-20)18-25(16-17-31(26,27)24-14-12-23-13-15-24)32(28,29)22-10-8-21(30-2)9-11-22/h3-11,19,23H,12-18H2,1-2H3. The number of benzene rings is 2. The SMILES string of the molecule is COc1ccc(S(=O)(=O)N(CCS(=O)(=O)N2CCNCC2)CC(C)c2ccccc2)cc1. The van der Waals surface area contributed by atoms with Gasteiger partial charge in [0.15, 0.2) is 0 Å². The van der Waals surface area contributed by atoms with E-state index >= 15 is 0 Å². The molecule has 0 bridgehead atoms. The quantitative estimate of drug-likeness (QED) is 0.555. The van der Waals surface area contributed by atoms with Crippen molar-refractivity contribution in [2.24, 2.45) is 0 Å². The number of rotatable bonds is 10. The van der Waals surface area contributed by atoms with Gasteiger partial charge in [0.25, 0.3) is 0 Å². The summed E-state index contributed by atoms with van der Waals surface area (Å²) in [6.07, 6.45) is 0. The van der Waals surface area contributed by atoms with Crippen LogP contribution in [0.2, 0.25) is 0 Å². The molecule has 0 spiro atoms. The molecule has 1 fully saturated rings. The lowest BCUT2D eigenvalue weighted by molar-refractivity contribution is 0.354. The fourth-order valence-corrected chi connectivity index (χ4v) is 6.76. The normalized spacial score (nSPS) is 16.7. The highest BCUT2D eigenvalue weighted by molar-refractivity contribution is 7.90. The van der Waals surface area contributed by atoms with Crippen molar-refractivity contribution in [3.05, 3.63) is 60.2 Å². The summed E-state index contributed by atoms with van der Waals surface area (Å²) < 4.78 is 60.5. The van der Waals surface area contributed by atoms with Gasteiger partial charge in [-0.2, -0.15) is 8.61 Å². The van der Waals surface area contributed by atoms with E-state index in [0.29, 0.717) is 31.9 Å². The number of hydrogen-bond acceptors (Lipinski definition) is 6. The lowest BCUT2D eigenvalue weighted by Crippen LogP contribution is -2.48. The molecule has 0 radical (unpaired) electrons. The van der Waals surface area contributed by atoms with Crippen molar-refractivity contribution in [2.45, 2.75) is 17.7 Å². The van der Waals surface area contributed by atoms with Crippen LogP contribution < -0.4 is 10.1 Å². The Bertz CT molecular complexity index is 1070. The van der Waals surface area contributed by atoms with Crippen LogP contribution in [-0.4, -0.2) is 77.6 Å². The maximum Gasteiger partial charge on any atom is 0.243 e. The summed E-state index contributed by atoms with van der Waals surface area (Å²) >= 11 is 0. The molecular formula is C22H31N3O5S2. The van der Waals surface area contributed by atoms with Gasteiger partial charge in [0, 0.05) is 39.3 Å². The zero-order valence-electron chi connectivity index (χ0n) is 18.5. The largest absolute Gasteiger partial charge is 0.497 e. The molecule has 32 heavy (non-hydrogen) atoms. The van der Waals surface area contributed by atoms with Crippen molar-refractivity contribution >= 4 is 20.0 Å². The molecule has 1 saturated heterocycles. The molecule has 8 nitrogen and oxygen atoms in total. The van der Waals surface area contributed by atoms with E-state index in [4.69, 9.17) is 4.74 Å². The Morgan fingerprint density at radius 3 is 2.22 bits per heavy atom. The summed E-state index contributed by atoms with van der Waals surface area (Å²) in [5.74, 6) is 0.185. The Balaban J connectivity index is 1.84. The first kappa shape index (κ1) is 24.7. The number of nitrogens with zero attached hydrogens (tertiary/aromatic N) is 2. The molecule has 1 aliphatic heterocycles. The van der Waals surface area contributed by atoms with Crippen LogP contribution in [0.3, 0.4) is 0 Å². The molecule has 1 N–H and O–H groups in total. The minimum Gasteiger partial charge on any atom is -0.497 e. The highest BCUT2D eigenvalue weighted by atomic mass is 32.2. The van der Waals surface area contributed by atoms with Crippen LogP contribution in [0.25, 0.3) is 0 Å². The van der Waals surface area contributed by atoms with Crippen LogP contribution in [-0.2, 0) is 20.0 Å². The molecule has 0 aliphatic carbocycles. The minimum absolute atomic E-state index is 0.105. The number of sulfonamides is 2. The molecule has 2 aromatic rings. The third-order valence-electron chi connectivity index (χ3n) is 5.61. The van der Waals surface area contributed by atoms with Gasteiger partial charge in [-0.05, 0) is 35.7 Å². The van der Waals surface area contributed by atoms with Crippen molar-refractivity contribution in [2.75, 3.05) is 52.1 Å². The predicted molar refractivity (Wildman–Crippen MR) is 125 cm³/mol. The van der Waals surface area contributed by atoms with Gasteiger partial charge < -0.3 is 10.1 Å². The third-order valence-corrected chi connectivity index (χ3v) is 9.34. The first-order chi connectivity index (χ1) is 15.2. The summed E-state index contributed by atoms with van der Waals surface area (Å²) in [7, 11) is -5.95. The average Bonchev–Trinajstić information content (AvgIpc) is 2.82. The van der Waals surface area contributed by atoms with E-state index in [1.165, 1.54) is 27.9 Å². The maximum atomic E-state index is 13.5. The summed E-state index contributed by atoms with van der Waals surface area (Å²) in [4.78, 5) is 0.109. The Labute approximate surface area is 191 Å². The summed E-state index contributed by atoms with van der Waals surface area (Å²) in [6.45, 7) is 3.99. The highest BCUT2D eigenvalue weighted by Crippen LogP contribution is 2.24. The second kappa shape index (κ2) is 10.8. The molecule has 0 aromatic heterocycles. The van der Waals surface area contributed by atoms with E-state index in [9.17, 15) is 16.8 Å². The van der Waals surface area contributed by atoms with E-state index in [1.807, 2.05) is 37.3 Å². The molecule has 1 atom stereocenters. The van der Waals surface area contributed by atoms with Gasteiger partial charge in [0.1, 0.15) is 5.75 Å². The Kier molecular flexibility index (Phi) is 8.29. The molecule has 3 rings (SSSR count). The molecule has 10 heteroatoms. The van der Waals surface area contributed by atoms with Gasteiger partial charge in [-0.3, -0.25) is 0 Å². The van der Waals surface area contributed by atoms with Gasteiger partial charge in [0.2, 0.25) is 20.0 Å². The van der Waals surface area contributed by atoms with E-state index in [2.05, 4.69) is 5.32 Å². The van der Waals surface area contributed by atoms with Gasteiger partial charge in [0.05, 0.1) is 17.8 Å². The van der Waals surface area contributed by atoms with Crippen molar-refractivity contribution in [1.82, 2.24) is 13.9 Å². The second-order valence-electron chi connectivity index (χ2n) is 7.82. The fraction of sp³-hybridized carbons (Fsp3) is 0.455. The van der Waals surface area contributed by atoms with Gasteiger partial charge in [-0.15, -0.1) is 0 Å². The number of ether oxygens (including phenoxy) is 1. The number of piperazine rings is 1. The Morgan fingerprint density at radius 2 is 1.62 bits per heavy atom. The molecule has 1 unspecified atom stereocenters. The van der Waals surface area contributed by atoms with Crippen LogP contribution >= 0.6 is 0 Å². The number of hydrogen-bond donors (Lipinski definition) is 1. The molecule has 1 heterocycles. The smallest absolute Gasteiger partial charge is 0.243 e. The van der Waals surface area contributed by atoms with Gasteiger partial charge in [-0.1, -0.05) is 37.3 Å². The lowest BCUT2D eigenvalue weighted by Gasteiger charge is -2.29. The van der Waals surface area contributed by atoms with E-state index in [1.54, 1.807) is 12.1 Å². The molecular weight excluding hydrogens is 450 g/mol. The first-order valence-electron chi connectivity index (χ1n) is 10.6. The van der Waals surface area contributed by atoms with Crippen LogP contribution in [0.15, 0.2) is 59.5 Å². The molecule has 0 amide bonds. The number of nitrogens with one attached hydrogen (secondary N) is 1. The third kappa shape index (κ3) is 6.08. The molecule has 176 valence electrons. The Hall–Kier alpha value is -1.98. The van der Waals surface area contributed by atoms with Crippen molar-refractivity contribution in [3.63, 3.8) is 0 Å². The van der Waals surface area contributed by atoms with Crippen LogP contribution in [0, 0.1) is 0 Å². The number of methoxy groups -OCH3 is 1. The van der Waals surface area contributed by atoms with Crippen LogP contribution in [0.4, 0.5) is 0 Å². The zero-order chi connectivity index (χ0) is 23.2. The van der Waals surface area contributed by atoms with E-state index < -0.39 is 20.0 Å². The van der Waals surface area contributed by atoms with Gasteiger partial charge >= 0.3 is 0 Å². The summed E-state index contributed by atoms with van der Waals surface area (Å²) in [5.41, 5.74) is 0.993. The monoisotopic (exact) mass is 481 g/mol. The predicted octanol–water partition coefficient (Wildman–Crippen LogP) is 1.72. The molecule has 2 aromatic carbocycles. The van der Waals surface area contributed by atoms with Crippen LogP contribution in [0.5, 0.6) is 5.75 Å². The topological polar surface area (TPSA) is 96.0 Å². The van der Waals surface area contributed by atoms with Crippen LogP contribution in [0.1, 0.15) is 18.4 Å². The fourth-order valence-electron chi connectivity index (χ4n) is 3.67. The minimum atomic E-state index is -3.90. The van der Waals surface area contributed by atoms with Crippen molar-refractivity contribution in [1.29, 1.82) is 0 Å². The molecule has 1 aliphatic rings. The lowest BCUT2D eigenvalue weighted by atomic mass is 10.0. The highest BCUT2D eigenvalue weighted by Gasteiger charge is 2.30. The zero-order valence-corrected chi connectivity index (χ0v) is 20.1. The molecule has 0 saturated carbocycles. The second-order valence-corrected chi connectivity index (χ2v) is 11.8. The summed E-state index contributed by atoms with van der Waals surface area (Å²) in [6, 6.07) is 15.7. The summed E-state index contributed by atoms with van der Waals surface area (Å²) in [5, 5.41) is 3.13. The van der Waals surface area contributed by atoms with E-state index in [-0.39, 0.29) is 29.7 Å². The van der Waals surface area contributed by atoms with Crippen molar-refractivity contribution in [3.8, 4) is 5.75 Å².